The summed E-state index contributed by atoms with van der Waals surface area (Å²) in [4.78, 5) is 11.5. The van der Waals surface area contributed by atoms with E-state index in [1.807, 2.05) is 0 Å². The minimum absolute atomic E-state index is 0.105. The lowest BCUT2D eigenvalue weighted by Crippen LogP contribution is -2.43. The highest BCUT2D eigenvalue weighted by atomic mass is 19.1. The van der Waals surface area contributed by atoms with E-state index in [0.717, 1.165) is 24.8 Å². The molecule has 2 atom stereocenters. The second-order valence-electron chi connectivity index (χ2n) is 4.28. The van der Waals surface area contributed by atoms with Crippen LogP contribution in [0.4, 0.5) is 4.39 Å². The van der Waals surface area contributed by atoms with E-state index in [4.69, 9.17) is 4.74 Å². The van der Waals surface area contributed by atoms with Crippen molar-refractivity contribution in [3.05, 3.63) is 35.6 Å². The van der Waals surface area contributed by atoms with E-state index in [2.05, 4.69) is 5.32 Å². The molecule has 1 heterocycles. The molecule has 1 N–H and O–H groups in total. The summed E-state index contributed by atoms with van der Waals surface area (Å²) >= 11 is 0. The molecular weight excluding hydrogens is 221 g/mol. The van der Waals surface area contributed by atoms with Gasteiger partial charge in [0, 0.05) is 6.04 Å². The predicted octanol–water partition coefficient (Wildman–Crippen LogP) is 2.18. The van der Waals surface area contributed by atoms with Crippen molar-refractivity contribution in [3.8, 4) is 0 Å². The standard InChI is InChI=1S/C13H16FNO2/c1-17-13(16)12-4-2-3-11(15-12)9-5-7-10(14)8-6-9/h5-8,11-12,15H,2-4H2,1H3/t11-,12+/m0/s1. The number of esters is 1. The first-order chi connectivity index (χ1) is 8.20. The lowest BCUT2D eigenvalue weighted by molar-refractivity contribution is -0.144. The molecule has 0 amide bonds. The molecule has 0 aliphatic carbocycles. The second kappa shape index (κ2) is 5.27. The zero-order valence-electron chi connectivity index (χ0n) is 9.78. The Hall–Kier alpha value is -1.42. The normalized spacial score (nSPS) is 24.4. The van der Waals surface area contributed by atoms with Gasteiger partial charge in [-0.1, -0.05) is 12.1 Å². The number of benzene rings is 1. The summed E-state index contributed by atoms with van der Waals surface area (Å²) in [6, 6.07) is 6.26. The van der Waals surface area contributed by atoms with Crippen molar-refractivity contribution in [2.24, 2.45) is 0 Å². The summed E-state index contributed by atoms with van der Waals surface area (Å²) in [5, 5.41) is 3.24. The molecule has 0 unspecified atom stereocenters. The van der Waals surface area contributed by atoms with Crippen LogP contribution in [0.5, 0.6) is 0 Å². The Morgan fingerprint density at radius 1 is 1.35 bits per heavy atom. The van der Waals surface area contributed by atoms with Crippen molar-refractivity contribution < 1.29 is 13.9 Å². The molecule has 0 aromatic heterocycles. The summed E-state index contributed by atoms with van der Waals surface area (Å²) in [6.07, 6.45) is 2.72. The van der Waals surface area contributed by atoms with Crippen LogP contribution >= 0.6 is 0 Å². The maximum absolute atomic E-state index is 12.8. The highest BCUT2D eigenvalue weighted by Gasteiger charge is 2.27. The average Bonchev–Trinajstić information content (AvgIpc) is 2.39. The van der Waals surface area contributed by atoms with Crippen LogP contribution in [0.3, 0.4) is 0 Å². The second-order valence-corrected chi connectivity index (χ2v) is 4.28. The van der Waals surface area contributed by atoms with Crippen LogP contribution in [0.1, 0.15) is 30.9 Å². The first kappa shape index (κ1) is 12.0. The van der Waals surface area contributed by atoms with Gasteiger partial charge >= 0.3 is 5.97 Å². The number of nitrogens with one attached hydrogen (secondary N) is 1. The van der Waals surface area contributed by atoms with Crippen molar-refractivity contribution in [2.45, 2.75) is 31.3 Å². The molecule has 1 aliphatic rings. The summed E-state index contributed by atoms with van der Waals surface area (Å²) in [7, 11) is 1.39. The van der Waals surface area contributed by atoms with Crippen molar-refractivity contribution >= 4 is 5.97 Å². The number of halogens is 1. The quantitative estimate of drug-likeness (QED) is 0.801. The van der Waals surface area contributed by atoms with Gasteiger partial charge in [-0.05, 0) is 37.0 Å². The Kier molecular flexibility index (Phi) is 3.74. The van der Waals surface area contributed by atoms with Crippen LogP contribution in [0, 0.1) is 5.82 Å². The molecule has 1 aromatic carbocycles. The zero-order chi connectivity index (χ0) is 12.3. The fourth-order valence-corrected chi connectivity index (χ4v) is 2.22. The van der Waals surface area contributed by atoms with Crippen molar-refractivity contribution in [3.63, 3.8) is 0 Å². The maximum atomic E-state index is 12.8. The van der Waals surface area contributed by atoms with Crippen molar-refractivity contribution in [2.75, 3.05) is 7.11 Å². The number of rotatable bonds is 2. The maximum Gasteiger partial charge on any atom is 0.322 e. The molecule has 0 radical (unpaired) electrons. The van der Waals surface area contributed by atoms with Gasteiger partial charge < -0.3 is 4.74 Å². The SMILES string of the molecule is COC(=O)[C@H]1CCC[C@@H](c2ccc(F)cc2)N1. The predicted molar refractivity (Wildman–Crippen MR) is 61.9 cm³/mol. The number of carbonyl (C=O) groups is 1. The fraction of sp³-hybridized carbons (Fsp3) is 0.462. The van der Waals surface area contributed by atoms with Gasteiger partial charge in [0.1, 0.15) is 11.9 Å². The highest BCUT2D eigenvalue weighted by Crippen LogP contribution is 2.26. The zero-order valence-corrected chi connectivity index (χ0v) is 9.78. The van der Waals surface area contributed by atoms with Gasteiger partial charge in [0.2, 0.25) is 0 Å². The van der Waals surface area contributed by atoms with Gasteiger partial charge in [-0.3, -0.25) is 10.1 Å². The first-order valence-corrected chi connectivity index (χ1v) is 5.80. The van der Waals surface area contributed by atoms with Crippen LogP contribution in [-0.4, -0.2) is 19.1 Å². The van der Waals surface area contributed by atoms with E-state index in [0.29, 0.717) is 0 Å². The van der Waals surface area contributed by atoms with E-state index >= 15 is 0 Å². The number of hydrogen-bond acceptors (Lipinski definition) is 3. The van der Waals surface area contributed by atoms with Gasteiger partial charge in [0.25, 0.3) is 0 Å². The third kappa shape index (κ3) is 2.82. The van der Waals surface area contributed by atoms with Crippen LogP contribution in [-0.2, 0) is 9.53 Å². The van der Waals surface area contributed by atoms with E-state index in [1.165, 1.54) is 19.2 Å². The third-order valence-electron chi connectivity index (χ3n) is 3.15. The minimum Gasteiger partial charge on any atom is -0.468 e. The largest absolute Gasteiger partial charge is 0.468 e. The molecule has 0 bridgehead atoms. The highest BCUT2D eigenvalue weighted by molar-refractivity contribution is 5.75. The van der Waals surface area contributed by atoms with E-state index in [9.17, 15) is 9.18 Å². The molecule has 4 heteroatoms. The molecule has 17 heavy (non-hydrogen) atoms. The van der Waals surface area contributed by atoms with Gasteiger partial charge in [-0.2, -0.15) is 0 Å². The van der Waals surface area contributed by atoms with Crippen molar-refractivity contribution in [1.29, 1.82) is 0 Å². The van der Waals surface area contributed by atoms with Crippen LogP contribution in [0.25, 0.3) is 0 Å². The lowest BCUT2D eigenvalue weighted by Gasteiger charge is -2.29. The summed E-state index contributed by atoms with van der Waals surface area (Å²) < 4.78 is 17.6. The van der Waals surface area contributed by atoms with E-state index in [-0.39, 0.29) is 23.9 Å². The Bertz CT molecular complexity index is 391. The van der Waals surface area contributed by atoms with Crippen LogP contribution < -0.4 is 5.32 Å². The lowest BCUT2D eigenvalue weighted by atomic mass is 9.93. The van der Waals surface area contributed by atoms with Gasteiger partial charge in [-0.25, -0.2) is 4.39 Å². The molecule has 1 aliphatic heterocycles. The molecule has 3 nitrogen and oxygen atoms in total. The van der Waals surface area contributed by atoms with Crippen molar-refractivity contribution in [1.82, 2.24) is 5.32 Å². The Balaban J connectivity index is 2.06. The topological polar surface area (TPSA) is 38.3 Å². The number of methoxy groups -OCH3 is 1. The van der Waals surface area contributed by atoms with Gasteiger partial charge in [-0.15, -0.1) is 0 Å². The first-order valence-electron chi connectivity index (χ1n) is 5.80. The van der Waals surface area contributed by atoms with E-state index in [1.54, 1.807) is 12.1 Å². The molecule has 1 aromatic rings. The molecular formula is C13H16FNO2. The monoisotopic (exact) mass is 237 g/mol. The number of ether oxygens (including phenoxy) is 1. The van der Waals surface area contributed by atoms with Crippen LogP contribution in [0.2, 0.25) is 0 Å². The molecule has 1 saturated heterocycles. The molecule has 0 spiro atoms. The summed E-state index contributed by atoms with van der Waals surface area (Å²) in [5.74, 6) is -0.467. The Morgan fingerprint density at radius 2 is 2.06 bits per heavy atom. The average molecular weight is 237 g/mol. The smallest absolute Gasteiger partial charge is 0.322 e. The summed E-state index contributed by atoms with van der Waals surface area (Å²) in [6.45, 7) is 0. The molecule has 92 valence electrons. The third-order valence-corrected chi connectivity index (χ3v) is 3.15. The van der Waals surface area contributed by atoms with Crippen LogP contribution in [0.15, 0.2) is 24.3 Å². The molecule has 0 saturated carbocycles. The molecule has 1 fully saturated rings. The minimum atomic E-state index is -0.246. The number of carbonyl (C=O) groups excluding carboxylic acids is 1. The Labute approximate surface area is 100.0 Å². The Morgan fingerprint density at radius 3 is 2.71 bits per heavy atom. The number of piperidine rings is 1. The number of hydrogen-bond donors (Lipinski definition) is 1. The van der Waals surface area contributed by atoms with Gasteiger partial charge in [0.05, 0.1) is 7.11 Å². The van der Waals surface area contributed by atoms with Gasteiger partial charge in [0.15, 0.2) is 0 Å². The fourth-order valence-electron chi connectivity index (χ4n) is 2.22. The van der Waals surface area contributed by atoms with E-state index < -0.39 is 0 Å². The molecule has 2 rings (SSSR count). The summed E-state index contributed by atoms with van der Waals surface area (Å²) in [5.41, 5.74) is 1.01.